The van der Waals surface area contributed by atoms with E-state index in [0.29, 0.717) is 5.02 Å². The van der Waals surface area contributed by atoms with Crippen LogP contribution in [0.4, 0.5) is 4.79 Å². The van der Waals surface area contributed by atoms with E-state index in [2.05, 4.69) is 0 Å². The van der Waals surface area contributed by atoms with E-state index in [1.807, 2.05) is 0 Å². The van der Waals surface area contributed by atoms with Crippen molar-refractivity contribution in [2.75, 3.05) is 13.1 Å². The molecule has 10 heteroatoms. The molecule has 0 saturated carbocycles. The van der Waals surface area contributed by atoms with Gasteiger partial charge in [0.15, 0.2) is 15.4 Å². The molecule has 3 rings (SSSR count). The van der Waals surface area contributed by atoms with Crippen molar-refractivity contribution < 1.29 is 28.2 Å². The minimum atomic E-state index is -4.20. The lowest BCUT2D eigenvalue weighted by Crippen LogP contribution is -2.65. The number of aliphatic hydroxyl groups is 1. The first-order chi connectivity index (χ1) is 13.6. The maximum atomic E-state index is 13.1. The number of urea groups is 1. The van der Waals surface area contributed by atoms with Crippen LogP contribution in [0.2, 0.25) is 5.02 Å². The summed E-state index contributed by atoms with van der Waals surface area (Å²) < 4.78 is 26.2. The number of primary amides is 1. The number of piperidine rings is 1. The molecule has 29 heavy (non-hydrogen) atoms. The molecule has 154 valence electrons. The van der Waals surface area contributed by atoms with Crippen molar-refractivity contribution in [1.29, 1.82) is 0 Å². The highest BCUT2D eigenvalue weighted by molar-refractivity contribution is 7.92. The number of likely N-dealkylation sites (tertiary alicyclic amines) is 1. The largest absolute Gasteiger partial charge is 0.479 e. The summed E-state index contributed by atoms with van der Waals surface area (Å²) in [5.41, 5.74) is 4.07. The molecular weight excluding hydrogens is 420 g/mol. The van der Waals surface area contributed by atoms with Crippen LogP contribution in [-0.2, 0) is 14.6 Å². The van der Waals surface area contributed by atoms with E-state index in [9.17, 15) is 28.2 Å². The fourth-order valence-electron chi connectivity index (χ4n) is 3.43. The Hall–Kier alpha value is -2.62. The summed E-state index contributed by atoms with van der Waals surface area (Å²) in [6, 6.07) is 12.0. The van der Waals surface area contributed by atoms with Crippen LogP contribution in [0.15, 0.2) is 53.4 Å². The topological polar surface area (TPSA) is 138 Å². The average molecular weight is 439 g/mol. The SMILES string of the molecule is NC(=O)N1CCC(S(=O)(=O)c2ccc(-c3ccc(Cl)cc3)cc2)C(O)(C(=O)O)C1. The third kappa shape index (κ3) is 3.93. The number of halogens is 1. The van der Waals surface area contributed by atoms with Gasteiger partial charge in [0.25, 0.3) is 0 Å². The number of nitrogens with two attached hydrogens (primary N) is 1. The number of carbonyl (C=O) groups excluding carboxylic acids is 1. The second-order valence-corrected chi connectivity index (χ2v) is 9.41. The number of benzene rings is 2. The number of carboxylic acids is 1. The zero-order chi connectivity index (χ0) is 21.4. The van der Waals surface area contributed by atoms with Gasteiger partial charge in [0.05, 0.1) is 11.4 Å². The van der Waals surface area contributed by atoms with Crippen molar-refractivity contribution >= 4 is 33.4 Å². The molecule has 2 atom stereocenters. The second-order valence-electron chi connectivity index (χ2n) is 6.84. The Morgan fingerprint density at radius 2 is 1.59 bits per heavy atom. The van der Waals surface area contributed by atoms with Crippen molar-refractivity contribution in [3.05, 3.63) is 53.6 Å². The van der Waals surface area contributed by atoms with E-state index in [-0.39, 0.29) is 17.9 Å². The van der Waals surface area contributed by atoms with Gasteiger partial charge in [-0.15, -0.1) is 0 Å². The molecule has 0 spiro atoms. The van der Waals surface area contributed by atoms with Gasteiger partial charge in [0, 0.05) is 11.6 Å². The van der Waals surface area contributed by atoms with E-state index in [1.165, 1.54) is 12.1 Å². The van der Waals surface area contributed by atoms with Crippen LogP contribution in [0.1, 0.15) is 6.42 Å². The first kappa shape index (κ1) is 21.1. The third-order valence-corrected chi connectivity index (χ3v) is 7.60. The van der Waals surface area contributed by atoms with Crippen molar-refractivity contribution in [2.45, 2.75) is 22.2 Å². The minimum absolute atomic E-state index is 0.0717. The molecule has 2 amide bonds. The lowest BCUT2D eigenvalue weighted by Gasteiger charge is -2.40. The molecule has 1 saturated heterocycles. The molecule has 2 aromatic rings. The van der Waals surface area contributed by atoms with Gasteiger partial charge < -0.3 is 20.8 Å². The van der Waals surface area contributed by atoms with Gasteiger partial charge in [-0.25, -0.2) is 18.0 Å². The second kappa shape index (κ2) is 7.66. The van der Waals surface area contributed by atoms with Crippen molar-refractivity contribution in [3.63, 3.8) is 0 Å². The van der Waals surface area contributed by atoms with E-state index in [0.717, 1.165) is 16.0 Å². The number of amides is 2. The normalized spacial score (nSPS) is 22.3. The van der Waals surface area contributed by atoms with Crippen LogP contribution in [0.3, 0.4) is 0 Å². The number of carboxylic acid groups (broad SMARTS) is 1. The van der Waals surface area contributed by atoms with Crippen molar-refractivity contribution in [3.8, 4) is 11.1 Å². The number of sulfone groups is 1. The lowest BCUT2D eigenvalue weighted by atomic mass is 9.92. The summed E-state index contributed by atoms with van der Waals surface area (Å²) in [5, 5.41) is 19.1. The molecule has 8 nitrogen and oxygen atoms in total. The molecule has 1 fully saturated rings. The van der Waals surface area contributed by atoms with E-state index >= 15 is 0 Å². The van der Waals surface area contributed by atoms with Gasteiger partial charge >= 0.3 is 12.0 Å². The Bertz CT molecular complexity index is 1040. The standard InChI is InChI=1S/C19H19ClN2O6S/c20-14-5-1-12(2-6-14)13-3-7-15(8-4-13)29(27,28)16-9-10-22(18(21)25)11-19(16,26)17(23)24/h1-8,16,26H,9-11H2,(H2,21,25)(H,23,24). The van der Waals surface area contributed by atoms with E-state index < -0.39 is 39.2 Å². The van der Waals surface area contributed by atoms with Crippen LogP contribution < -0.4 is 5.73 Å². The molecule has 2 aromatic carbocycles. The van der Waals surface area contributed by atoms with Crippen molar-refractivity contribution in [1.82, 2.24) is 4.90 Å². The first-order valence-corrected chi connectivity index (χ1v) is 10.6. The van der Waals surface area contributed by atoms with Gasteiger partial charge in [-0.3, -0.25) is 0 Å². The molecule has 0 aromatic heterocycles. The molecule has 4 N–H and O–H groups in total. The van der Waals surface area contributed by atoms with E-state index in [4.69, 9.17) is 17.3 Å². The molecule has 2 unspecified atom stereocenters. The molecule has 1 aliphatic rings. The number of hydrogen-bond acceptors (Lipinski definition) is 5. The maximum Gasteiger partial charge on any atom is 0.338 e. The van der Waals surface area contributed by atoms with Crippen LogP contribution in [0.25, 0.3) is 11.1 Å². The van der Waals surface area contributed by atoms with Crippen LogP contribution >= 0.6 is 11.6 Å². The zero-order valence-corrected chi connectivity index (χ0v) is 16.7. The average Bonchev–Trinajstić information content (AvgIpc) is 2.68. The Labute approximate surface area is 172 Å². The van der Waals surface area contributed by atoms with Gasteiger partial charge in [0.2, 0.25) is 0 Å². The first-order valence-electron chi connectivity index (χ1n) is 8.66. The molecule has 1 aliphatic heterocycles. The Balaban J connectivity index is 1.94. The Morgan fingerprint density at radius 3 is 2.07 bits per heavy atom. The van der Waals surface area contributed by atoms with Crippen LogP contribution in [0, 0.1) is 0 Å². The van der Waals surface area contributed by atoms with Gasteiger partial charge in [-0.05, 0) is 41.8 Å². The van der Waals surface area contributed by atoms with Gasteiger partial charge in [-0.1, -0.05) is 35.9 Å². The minimum Gasteiger partial charge on any atom is -0.479 e. The summed E-state index contributed by atoms with van der Waals surface area (Å²) in [6.45, 7) is -0.776. The molecule has 0 aliphatic carbocycles. The molecule has 0 radical (unpaired) electrons. The number of carbonyl (C=O) groups is 2. The summed E-state index contributed by atoms with van der Waals surface area (Å²) in [5.74, 6) is -1.73. The van der Waals surface area contributed by atoms with Crippen molar-refractivity contribution in [2.24, 2.45) is 5.73 Å². The fourth-order valence-corrected chi connectivity index (χ4v) is 5.51. The Kier molecular flexibility index (Phi) is 5.57. The monoisotopic (exact) mass is 438 g/mol. The lowest BCUT2D eigenvalue weighted by molar-refractivity contribution is -0.162. The van der Waals surface area contributed by atoms with Crippen LogP contribution in [0.5, 0.6) is 0 Å². The predicted molar refractivity (Wildman–Crippen MR) is 106 cm³/mol. The van der Waals surface area contributed by atoms with E-state index in [1.54, 1.807) is 36.4 Å². The fraction of sp³-hybridized carbons (Fsp3) is 0.263. The number of rotatable bonds is 4. The smallest absolute Gasteiger partial charge is 0.338 e. The highest BCUT2D eigenvalue weighted by Gasteiger charge is 2.55. The maximum absolute atomic E-state index is 13.1. The summed E-state index contributed by atoms with van der Waals surface area (Å²) in [6.07, 6.45) is -0.257. The summed E-state index contributed by atoms with van der Waals surface area (Å²) >= 11 is 5.87. The number of hydrogen-bond donors (Lipinski definition) is 3. The highest BCUT2D eigenvalue weighted by atomic mass is 35.5. The van der Waals surface area contributed by atoms with Gasteiger partial charge in [0.1, 0.15) is 5.25 Å². The third-order valence-electron chi connectivity index (χ3n) is 5.04. The van der Waals surface area contributed by atoms with Crippen LogP contribution in [-0.4, -0.2) is 59.5 Å². The summed E-state index contributed by atoms with van der Waals surface area (Å²) in [4.78, 5) is 23.9. The molecular formula is C19H19ClN2O6S. The molecule has 1 heterocycles. The number of nitrogens with zero attached hydrogens (tertiary/aromatic N) is 1. The predicted octanol–water partition coefficient (Wildman–Crippen LogP) is 1.75. The number of β-amino-alcohol motifs (C(OH)–C–C–N with tert-alkyl or cyclic N) is 1. The number of aliphatic carboxylic acids is 1. The van der Waals surface area contributed by atoms with Gasteiger partial charge in [-0.2, -0.15) is 0 Å². The Morgan fingerprint density at radius 1 is 1.07 bits per heavy atom. The molecule has 0 bridgehead atoms. The zero-order valence-electron chi connectivity index (χ0n) is 15.2. The highest BCUT2D eigenvalue weighted by Crippen LogP contribution is 2.33. The summed E-state index contributed by atoms with van der Waals surface area (Å²) in [7, 11) is -4.20. The quantitative estimate of drug-likeness (QED) is 0.664.